The van der Waals surface area contributed by atoms with Gasteiger partial charge in [0.25, 0.3) is 0 Å². The summed E-state index contributed by atoms with van der Waals surface area (Å²) in [5.41, 5.74) is -4.07. The molecular weight excluding hydrogens is 514 g/mol. The Kier molecular flexibility index (Phi) is 5.53. The molecule has 1 aliphatic heterocycles. The molecule has 14 heteroatoms. The van der Waals surface area contributed by atoms with Crippen LogP contribution in [0.4, 0.5) is 26.3 Å². The molecule has 7 nitrogen and oxygen atoms in total. The van der Waals surface area contributed by atoms with Crippen LogP contribution >= 0.6 is 10.5 Å². The molecule has 5 rings (SSSR count). The third-order valence-electron chi connectivity index (χ3n) is 6.16. The highest BCUT2D eigenvalue weighted by molar-refractivity contribution is 8.26. The second kappa shape index (κ2) is 8.15. The van der Waals surface area contributed by atoms with Crippen molar-refractivity contribution in [3.05, 3.63) is 69.9 Å². The summed E-state index contributed by atoms with van der Waals surface area (Å²) in [5, 5.41) is 3.12. The lowest BCUT2D eigenvalue weighted by molar-refractivity contribution is -0.0249. The minimum absolute atomic E-state index is 0.196. The number of nitrogens with one attached hydrogen (secondary N) is 1. The minimum Gasteiger partial charge on any atom is -0.354 e. The first-order valence-electron chi connectivity index (χ1n) is 10.6. The van der Waals surface area contributed by atoms with E-state index in [1.165, 1.54) is 6.26 Å². The number of halogens is 6. The fourth-order valence-electron chi connectivity index (χ4n) is 4.22. The summed E-state index contributed by atoms with van der Waals surface area (Å²) < 4.78 is 108. The van der Waals surface area contributed by atoms with Crippen LogP contribution in [0.25, 0.3) is 27.9 Å². The Morgan fingerprint density at radius 2 is 1.86 bits per heavy atom. The Balaban J connectivity index is 1.72. The number of alkyl halides is 2. The molecule has 0 radical (unpaired) electrons. The molecule has 0 saturated carbocycles. The Labute approximate surface area is 200 Å². The smallest absolute Gasteiger partial charge is 0.334 e. The van der Waals surface area contributed by atoms with E-state index in [0.717, 1.165) is 29.0 Å². The molecule has 0 spiro atoms. The van der Waals surface area contributed by atoms with Gasteiger partial charge in [0, 0.05) is 23.6 Å². The fraction of sp³-hybridized carbons (Fsp3) is 0.273. The van der Waals surface area contributed by atoms with Gasteiger partial charge in [-0.1, -0.05) is 28.6 Å². The zero-order valence-corrected chi connectivity index (χ0v) is 19.5. The molecule has 2 aromatic heterocycles. The zero-order valence-electron chi connectivity index (χ0n) is 18.7. The molecule has 1 unspecified atom stereocenters. The second-order valence-electron chi connectivity index (χ2n) is 8.42. The van der Waals surface area contributed by atoms with Crippen molar-refractivity contribution in [2.45, 2.75) is 25.4 Å². The highest BCUT2D eigenvalue weighted by atomic mass is 32.3. The number of nitrogens with zero attached hydrogens (tertiary/aromatic N) is 3. The topological polar surface area (TPSA) is 85.2 Å². The van der Waals surface area contributed by atoms with Gasteiger partial charge >= 0.3 is 11.6 Å². The summed E-state index contributed by atoms with van der Waals surface area (Å²) in [6, 6.07) is 1.65. The van der Waals surface area contributed by atoms with Gasteiger partial charge in [-0.25, -0.2) is 31.6 Å². The molecule has 0 fully saturated rings. The first kappa shape index (κ1) is 24.5. The number of fused-ring (bicyclic) bond motifs is 2. The van der Waals surface area contributed by atoms with Crippen molar-refractivity contribution in [2.24, 2.45) is 0 Å². The summed E-state index contributed by atoms with van der Waals surface area (Å²) in [4.78, 5) is 13.1. The molecule has 2 atom stereocenters. The monoisotopic (exact) mass is 532 g/mol. The summed E-state index contributed by atoms with van der Waals surface area (Å²) in [6.07, 6.45) is 2.15. The number of hydrogen-bond acceptors (Lipinski definition) is 5. The van der Waals surface area contributed by atoms with Crippen LogP contribution in [0.5, 0.6) is 0 Å². The molecule has 36 heavy (non-hydrogen) atoms. The molecule has 192 valence electrons. The number of hydrogen-bond donors (Lipinski definition) is 2. The molecule has 3 heterocycles. The Bertz CT molecular complexity index is 1560. The molecule has 1 aliphatic rings. The molecule has 0 saturated heterocycles. The van der Waals surface area contributed by atoms with Crippen LogP contribution in [0, 0.1) is 23.3 Å². The summed E-state index contributed by atoms with van der Waals surface area (Å²) in [6.45, 7) is 1.11. The van der Waals surface area contributed by atoms with E-state index in [1.807, 2.05) is 0 Å². The van der Waals surface area contributed by atoms with Gasteiger partial charge in [0.15, 0.2) is 23.0 Å². The Morgan fingerprint density at radius 1 is 1.19 bits per heavy atom. The van der Waals surface area contributed by atoms with Crippen molar-refractivity contribution < 1.29 is 35.4 Å². The Morgan fingerprint density at radius 3 is 2.47 bits per heavy atom. The van der Waals surface area contributed by atoms with Gasteiger partial charge in [-0.15, -0.1) is 0 Å². The maximum atomic E-state index is 15.2. The van der Waals surface area contributed by atoms with Gasteiger partial charge in [0.1, 0.15) is 23.4 Å². The standard InChI is InChI=1S/C22H18F6N4O3S/c1-3-36(2,34)30-14-8-31-15(22(14,27)28)9-32(21(31)33)20-17-13(35-29-20)7-12(25)19(26)18(17)16-10(23)5-4-6-11(16)24/h4-7,9,14,30,34H,3,8H2,1-2H3/t14-/m1/s1. The Hall–Kier alpha value is -3.23. The van der Waals surface area contributed by atoms with Crippen molar-refractivity contribution in [1.82, 2.24) is 19.0 Å². The number of imidazole rings is 1. The predicted molar refractivity (Wildman–Crippen MR) is 120 cm³/mol. The van der Waals surface area contributed by atoms with Gasteiger partial charge in [-0.05, 0) is 18.4 Å². The van der Waals surface area contributed by atoms with Crippen LogP contribution in [-0.2, 0) is 12.5 Å². The van der Waals surface area contributed by atoms with E-state index in [2.05, 4.69) is 9.88 Å². The third-order valence-corrected chi connectivity index (χ3v) is 8.08. The van der Waals surface area contributed by atoms with Crippen LogP contribution in [0.15, 0.2) is 39.8 Å². The lowest BCUT2D eigenvalue weighted by Gasteiger charge is -2.34. The highest BCUT2D eigenvalue weighted by Crippen LogP contribution is 2.44. The molecule has 0 aliphatic carbocycles. The molecular formula is C22H18F6N4O3S. The lowest BCUT2D eigenvalue weighted by Crippen LogP contribution is -2.43. The highest BCUT2D eigenvalue weighted by Gasteiger charge is 2.52. The summed E-state index contributed by atoms with van der Waals surface area (Å²) in [5.74, 6) is -9.57. The minimum atomic E-state index is -3.60. The van der Waals surface area contributed by atoms with E-state index in [1.54, 1.807) is 6.92 Å². The normalized spacial score (nSPS) is 19.4. The SMILES string of the molecule is CCS(C)(O)N[C@@H]1Cn2c(cn(-c3noc4cc(F)c(F)c(-c5c(F)cccc5F)c34)c2=O)C1(F)F. The predicted octanol–water partition coefficient (Wildman–Crippen LogP) is 4.91. The van der Waals surface area contributed by atoms with E-state index in [9.17, 15) is 26.9 Å². The zero-order chi connectivity index (χ0) is 26.2. The first-order chi connectivity index (χ1) is 16.9. The number of benzene rings is 2. The lowest BCUT2D eigenvalue weighted by atomic mass is 9.99. The quantitative estimate of drug-likeness (QED) is 0.357. The van der Waals surface area contributed by atoms with Crippen molar-refractivity contribution in [2.75, 3.05) is 12.0 Å². The average Bonchev–Trinajstić information content (AvgIpc) is 3.43. The van der Waals surface area contributed by atoms with E-state index >= 15 is 8.78 Å². The maximum Gasteiger partial charge on any atom is 0.334 e. The van der Waals surface area contributed by atoms with E-state index in [0.29, 0.717) is 10.6 Å². The van der Waals surface area contributed by atoms with Crippen LogP contribution in [-0.4, -0.2) is 36.9 Å². The van der Waals surface area contributed by atoms with Crippen molar-refractivity contribution in [3.8, 4) is 16.9 Å². The van der Waals surface area contributed by atoms with Gasteiger partial charge in [-0.2, -0.15) is 8.78 Å². The average molecular weight is 532 g/mol. The maximum absolute atomic E-state index is 15.2. The molecule has 2 N–H and O–H groups in total. The van der Waals surface area contributed by atoms with Gasteiger partial charge in [0.05, 0.1) is 17.5 Å². The van der Waals surface area contributed by atoms with Crippen molar-refractivity contribution in [3.63, 3.8) is 0 Å². The number of aromatic nitrogens is 3. The van der Waals surface area contributed by atoms with E-state index < -0.39 is 91.6 Å². The van der Waals surface area contributed by atoms with Gasteiger partial charge in [-0.3, -0.25) is 4.57 Å². The second-order valence-corrected chi connectivity index (χ2v) is 11.3. The van der Waals surface area contributed by atoms with Gasteiger partial charge in [0.2, 0.25) is 0 Å². The van der Waals surface area contributed by atoms with E-state index in [-0.39, 0.29) is 5.75 Å². The molecule has 4 aromatic rings. The first-order valence-corrected chi connectivity index (χ1v) is 12.7. The fourth-order valence-corrected chi connectivity index (χ4v) is 5.22. The van der Waals surface area contributed by atoms with Crippen LogP contribution in [0.2, 0.25) is 0 Å². The van der Waals surface area contributed by atoms with Crippen LogP contribution in [0.1, 0.15) is 12.6 Å². The summed E-state index contributed by atoms with van der Waals surface area (Å²) in [7, 11) is -2.55. The summed E-state index contributed by atoms with van der Waals surface area (Å²) >= 11 is 0. The molecule has 2 aromatic carbocycles. The van der Waals surface area contributed by atoms with E-state index in [4.69, 9.17) is 4.52 Å². The number of rotatable bonds is 5. The van der Waals surface area contributed by atoms with Crippen LogP contribution in [0.3, 0.4) is 0 Å². The largest absolute Gasteiger partial charge is 0.354 e. The van der Waals surface area contributed by atoms with Crippen LogP contribution < -0.4 is 10.4 Å². The van der Waals surface area contributed by atoms with Gasteiger partial charge < -0.3 is 9.08 Å². The molecule has 0 amide bonds. The van der Waals surface area contributed by atoms with Crippen molar-refractivity contribution >= 4 is 21.5 Å². The molecule has 0 bridgehead atoms. The third kappa shape index (κ3) is 3.54. The van der Waals surface area contributed by atoms with Crippen molar-refractivity contribution in [1.29, 1.82) is 0 Å².